The Balaban J connectivity index is 0.00000280. The van der Waals surface area contributed by atoms with E-state index in [0.717, 1.165) is 38.4 Å². The van der Waals surface area contributed by atoms with E-state index in [1.54, 1.807) is 24.3 Å². The first-order chi connectivity index (χ1) is 13.2. The van der Waals surface area contributed by atoms with Crippen molar-refractivity contribution >= 4 is 35.7 Å². The van der Waals surface area contributed by atoms with Crippen molar-refractivity contribution < 1.29 is 9.59 Å². The van der Waals surface area contributed by atoms with Gasteiger partial charge in [-0.25, -0.2) is 4.79 Å². The van der Waals surface area contributed by atoms with E-state index in [-0.39, 0.29) is 24.3 Å². The quantitative estimate of drug-likeness (QED) is 0.596. The minimum absolute atomic E-state index is 0. The lowest BCUT2D eigenvalue weighted by atomic mass is 10.2. The number of hydrogen-bond donors (Lipinski definition) is 4. The summed E-state index contributed by atoms with van der Waals surface area (Å²) in [6.07, 6.45) is 0. The highest BCUT2D eigenvalue weighted by Gasteiger charge is 2.10. The third-order valence-electron chi connectivity index (χ3n) is 4.36. The van der Waals surface area contributed by atoms with E-state index in [1.807, 2.05) is 30.3 Å². The van der Waals surface area contributed by atoms with Gasteiger partial charge in [0.1, 0.15) is 0 Å². The fraction of sp³-hybridized carbons (Fsp3) is 0.300. The van der Waals surface area contributed by atoms with Crippen LogP contribution in [0, 0.1) is 0 Å². The number of halogens is 1. The number of anilines is 2. The van der Waals surface area contributed by atoms with Gasteiger partial charge >= 0.3 is 6.03 Å². The van der Waals surface area contributed by atoms with Gasteiger partial charge in [-0.1, -0.05) is 18.2 Å². The number of carbonyl (C=O) groups excluding carboxylic acids is 2. The second-order valence-electron chi connectivity index (χ2n) is 6.37. The van der Waals surface area contributed by atoms with Gasteiger partial charge in [0.15, 0.2) is 0 Å². The molecule has 3 amide bonds. The molecule has 150 valence electrons. The lowest BCUT2D eigenvalue weighted by molar-refractivity contribution is 0.0947. The first kappa shape index (κ1) is 21.7. The van der Waals surface area contributed by atoms with Crippen molar-refractivity contribution in [1.82, 2.24) is 15.5 Å². The number of amides is 3. The van der Waals surface area contributed by atoms with E-state index in [2.05, 4.69) is 26.2 Å². The summed E-state index contributed by atoms with van der Waals surface area (Å²) in [5.41, 5.74) is 1.92. The summed E-state index contributed by atoms with van der Waals surface area (Å²) in [6.45, 7) is 5.51. The standard InChI is InChI=1S/C20H25N5O2.ClH/c26-19(22-12-15-25-13-10-21-11-14-25)16-6-8-18(9-7-16)24-20(27)23-17-4-2-1-3-5-17;/h1-9,21H,10-15H2,(H,22,26)(H2,23,24,27);1H. The Hall–Kier alpha value is -2.61. The molecule has 28 heavy (non-hydrogen) atoms. The Labute approximate surface area is 171 Å². The molecule has 0 spiro atoms. The molecular formula is C20H26ClN5O2. The minimum atomic E-state index is -0.325. The number of carbonyl (C=O) groups is 2. The van der Waals surface area contributed by atoms with Crippen LogP contribution in [0.25, 0.3) is 0 Å². The Bertz CT molecular complexity index is 749. The monoisotopic (exact) mass is 403 g/mol. The number of nitrogens with one attached hydrogen (secondary N) is 4. The van der Waals surface area contributed by atoms with Crippen LogP contribution in [0.4, 0.5) is 16.2 Å². The van der Waals surface area contributed by atoms with E-state index in [1.165, 1.54) is 0 Å². The second-order valence-corrected chi connectivity index (χ2v) is 6.37. The summed E-state index contributed by atoms with van der Waals surface area (Å²) in [4.78, 5) is 26.5. The van der Waals surface area contributed by atoms with Crippen molar-refractivity contribution in [2.24, 2.45) is 0 Å². The lowest BCUT2D eigenvalue weighted by Gasteiger charge is -2.27. The summed E-state index contributed by atoms with van der Waals surface area (Å²) < 4.78 is 0. The van der Waals surface area contributed by atoms with Gasteiger partial charge in [-0.2, -0.15) is 0 Å². The van der Waals surface area contributed by atoms with Crippen molar-refractivity contribution in [2.75, 3.05) is 49.9 Å². The molecule has 1 aliphatic rings. The molecule has 2 aromatic carbocycles. The number of nitrogens with zero attached hydrogens (tertiary/aromatic N) is 1. The number of hydrogen-bond acceptors (Lipinski definition) is 4. The number of rotatable bonds is 6. The molecule has 0 aliphatic carbocycles. The highest BCUT2D eigenvalue weighted by molar-refractivity contribution is 6.00. The van der Waals surface area contributed by atoms with Gasteiger partial charge in [-0.05, 0) is 36.4 Å². The van der Waals surface area contributed by atoms with Gasteiger partial charge in [-0.15, -0.1) is 12.4 Å². The maximum absolute atomic E-state index is 12.2. The normalized spacial score (nSPS) is 13.9. The van der Waals surface area contributed by atoms with Crippen LogP contribution in [0.5, 0.6) is 0 Å². The predicted molar refractivity (Wildman–Crippen MR) is 114 cm³/mol. The molecule has 0 aromatic heterocycles. The summed E-state index contributed by atoms with van der Waals surface area (Å²) in [7, 11) is 0. The number of para-hydroxylation sites is 1. The van der Waals surface area contributed by atoms with E-state index >= 15 is 0 Å². The molecule has 2 aromatic rings. The topological polar surface area (TPSA) is 85.5 Å². The van der Waals surface area contributed by atoms with Crippen molar-refractivity contribution in [3.8, 4) is 0 Å². The van der Waals surface area contributed by atoms with E-state index in [4.69, 9.17) is 0 Å². The van der Waals surface area contributed by atoms with E-state index in [9.17, 15) is 9.59 Å². The highest BCUT2D eigenvalue weighted by atomic mass is 35.5. The zero-order chi connectivity index (χ0) is 18.9. The molecule has 0 bridgehead atoms. The molecule has 1 fully saturated rings. The molecule has 1 aliphatic heterocycles. The van der Waals surface area contributed by atoms with Gasteiger partial charge in [-0.3, -0.25) is 9.69 Å². The average molecular weight is 404 g/mol. The Morgan fingerprint density at radius 1 is 0.893 bits per heavy atom. The van der Waals surface area contributed by atoms with Gasteiger partial charge in [0.05, 0.1) is 0 Å². The first-order valence-electron chi connectivity index (χ1n) is 9.15. The molecular weight excluding hydrogens is 378 g/mol. The van der Waals surface area contributed by atoms with E-state index in [0.29, 0.717) is 17.8 Å². The molecule has 1 saturated heterocycles. The van der Waals surface area contributed by atoms with Crippen LogP contribution in [0.3, 0.4) is 0 Å². The molecule has 0 unspecified atom stereocenters. The molecule has 4 N–H and O–H groups in total. The zero-order valence-corrected chi connectivity index (χ0v) is 16.4. The SMILES string of the molecule is Cl.O=C(Nc1ccccc1)Nc1ccc(C(=O)NCCN2CCNCC2)cc1. The molecule has 1 heterocycles. The fourth-order valence-corrected chi connectivity index (χ4v) is 2.88. The van der Waals surface area contributed by atoms with Crippen molar-refractivity contribution in [1.29, 1.82) is 0 Å². The smallest absolute Gasteiger partial charge is 0.323 e. The molecule has 0 atom stereocenters. The van der Waals surface area contributed by atoms with Gasteiger partial charge in [0.25, 0.3) is 5.91 Å². The van der Waals surface area contributed by atoms with Crippen LogP contribution in [0.1, 0.15) is 10.4 Å². The fourth-order valence-electron chi connectivity index (χ4n) is 2.88. The summed E-state index contributed by atoms with van der Waals surface area (Å²) in [5.74, 6) is -0.106. The molecule has 0 saturated carbocycles. The largest absolute Gasteiger partial charge is 0.351 e. The maximum Gasteiger partial charge on any atom is 0.323 e. The summed E-state index contributed by atoms with van der Waals surface area (Å²) >= 11 is 0. The number of urea groups is 1. The number of benzene rings is 2. The van der Waals surface area contributed by atoms with Crippen LogP contribution in [0.2, 0.25) is 0 Å². The second kappa shape index (κ2) is 11.3. The van der Waals surface area contributed by atoms with Crippen molar-refractivity contribution in [2.45, 2.75) is 0 Å². The van der Waals surface area contributed by atoms with E-state index < -0.39 is 0 Å². The van der Waals surface area contributed by atoms with Crippen molar-refractivity contribution in [3.63, 3.8) is 0 Å². The highest BCUT2D eigenvalue weighted by Crippen LogP contribution is 2.11. The lowest BCUT2D eigenvalue weighted by Crippen LogP contribution is -2.46. The van der Waals surface area contributed by atoms with Gasteiger partial charge in [0, 0.05) is 56.2 Å². The average Bonchev–Trinajstić information content (AvgIpc) is 2.70. The molecule has 0 radical (unpaired) electrons. The number of piperazine rings is 1. The predicted octanol–water partition coefficient (Wildman–Crippen LogP) is 2.39. The van der Waals surface area contributed by atoms with Crippen LogP contribution < -0.4 is 21.3 Å². The summed E-state index contributed by atoms with van der Waals surface area (Å²) in [6, 6.07) is 15.7. The van der Waals surface area contributed by atoms with Crippen molar-refractivity contribution in [3.05, 3.63) is 60.2 Å². The third kappa shape index (κ3) is 6.84. The first-order valence-corrected chi connectivity index (χ1v) is 9.15. The van der Waals surface area contributed by atoms with Crippen LogP contribution in [-0.2, 0) is 0 Å². The molecule has 8 heteroatoms. The Morgan fingerprint density at radius 3 is 2.14 bits per heavy atom. The van der Waals surface area contributed by atoms with Crippen LogP contribution in [-0.4, -0.2) is 56.1 Å². The van der Waals surface area contributed by atoms with Gasteiger partial charge < -0.3 is 21.3 Å². The Morgan fingerprint density at radius 2 is 1.50 bits per heavy atom. The molecule has 7 nitrogen and oxygen atoms in total. The van der Waals surface area contributed by atoms with Crippen LogP contribution in [0.15, 0.2) is 54.6 Å². The summed E-state index contributed by atoms with van der Waals surface area (Å²) in [5, 5.41) is 11.7. The third-order valence-corrected chi connectivity index (χ3v) is 4.36. The van der Waals surface area contributed by atoms with Crippen LogP contribution >= 0.6 is 12.4 Å². The van der Waals surface area contributed by atoms with Gasteiger partial charge in [0.2, 0.25) is 0 Å². The molecule has 3 rings (SSSR count). The minimum Gasteiger partial charge on any atom is -0.351 e. The zero-order valence-electron chi connectivity index (χ0n) is 15.6. The Kier molecular flexibility index (Phi) is 8.74. The maximum atomic E-state index is 12.2.